The maximum atomic E-state index is 13.2. The lowest BCUT2D eigenvalue weighted by Crippen LogP contribution is -2.29. The van der Waals surface area contributed by atoms with Crippen LogP contribution in [0.5, 0.6) is 17.2 Å². The Morgan fingerprint density at radius 1 is 1.15 bits per heavy atom. The minimum atomic E-state index is -0.997. The topological polar surface area (TPSA) is 98.4 Å². The number of nitrogens with zero attached hydrogens (tertiary/aromatic N) is 1. The molecule has 2 aromatic carbocycles. The van der Waals surface area contributed by atoms with Gasteiger partial charge in [-0.3, -0.25) is 9.59 Å². The SMILES string of the molecule is COc1c(Cl)cc(Cl)cc1/C(O)=C1/C(=O)C(=O)N(Cc2ccc3c(c2)OCO3)C1c1ccco1. The second-order valence-electron chi connectivity index (χ2n) is 7.60. The van der Waals surface area contributed by atoms with E-state index in [-0.39, 0.29) is 40.3 Å². The van der Waals surface area contributed by atoms with E-state index in [2.05, 4.69) is 0 Å². The van der Waals surface area contributed by atoms with Crippen LogP contribution in [0.25, 0.3) is 5.76 Å². The Kier molecular flexibility index (Phi) is 5.63. The summed E-state index contributed by atoms with van der Waals surface area (Å²) in [5, 5.41) is 11.6. The molecular weight excluding hydrogens is 485 g/mol. The number of fused-ring (bicyclic) bond motifs is 1. The number of furan rings is 1. The fourth-order valence-electron chi connectivity index (χ4n) is 4.11. The number of hydrogen-bond acceptors (Lipinski definition) is 7. The van der Waals surface area contributed by atoms with E-state index in [9.17, 15) is 14.7 Å². The van der Waals surface area contributed by atoms with E-state index < -0.39 is 23.5 Å². The highest BCUT2D eigenvalue weighted by Gasteiger charge is 2.47. The third-order valence-electron chi connectivity index (χ3n) is 5.61. The summed E-state index contributed by atoms with van der Waals surface area (Å²) in [6.45, 7) is 0.163. The summed E-state index contributed by atoms with van der Waals surface area (Å²) in [5.74, 6) is -0.600. The van der Waals surface area contributed by atoms with Crippen molar-refractivity contribution in [3.8, 4) is 17.2 Å². The number of rotatable bonds is 5. The predicted molar refractivity (Wildman–Crippen MR) is 122 cm³/mol. The van der Waals surface area contributed by atoms with Crippen molar-refractivity contribution in [2.24, 2.45) is 0 Å². The third kappa shape index (κ3) is 3.65. The first-order valence-electron chi connectivity index (χ1n) is 10.1. The number of carbonyl (C=O) groups is 2. The number of halogens is 2. The van der Waals surface area contributed by atoms with Gasteiger partial charge in [-0.2, -0.15) is 0 Å². The Morgan fingerprint density at radius 2 is 1.94 bits per heavy atom. The Balaban J connectivity index is 1.63. The predicted octanol–water partition coefficient (Wildman–Crippen LogP) is 4.95. The Labute approximate surface area is 203 Å². The molecule has 3 heterocycles. The molecule has 1 fully saturated rings. The molecule has 2 aliphatic rings. The monoisotopic (exact) mass is 501 g/mol. The first kappa shape index (κ1) is 22.2. The van der Waals surface area contributed by atoms with Gasteiger partial charge in [-0.15, -0.1) is 0 Å². The van der Waals surface area contributed by atoms with Gasteiger partial charge in [0.15, 0.2) is 11.5 Å². The van der Waals surface area contributed by atoms with Crippen LogP contribution in [0.15, 0.2) is 58.7 Å². The molecule has 8 nitrogen and oxygen atoms in total. The molecule has 1 saturated heterocycles. The van der Waals surface area contributed by atoms with Crippen LogP contribution in [-0.2, 0) is 16.1 Å². The average molecular weight is 502 g/mol. The van der Waals surface area contributed by atoms with Crippen molar-refractivity contribution in [3.05, 3.63) is 81.2 Å². The summed E-state index contributed by atoms with van der Waals surface area (Å²) in [5.41, 5.74) is 0.612. The zero-order valence-electron chi connectivity index (χ0n) is 17.7. The van der Waals surface area contributed by atoms with Crippen molar-refractivity contribution in [2.75, 3.05) is 13.9 Å². The van der Waals surface area contributed by atoms with E-state index in [0.717, 1.165) is 0 Å². The van der Waals surface area contributed by atoms with E-state index >= 15 is 0 Å². The Bertz CT molecular complexity index is 1330. The number of Topliss-reactive ketones (excluding diaryl/α,β-unsaturated/α-hetero) is 1. The van der Waals surface area contributed by atoms with E-state index in [1.54, 1.807) is 30.3 Å². The van der Waals surface area contributed by atoms with Crippen LogP contribution in [0.4, 0.5) is 0 Å². The number of benzene rings is 2. The lowest BCUT2D eigenvalue weighted by atomic mass is 9.98. The number of ketones is 1. The second kappa shape index (κ2) is 8.62. The number of likely N-dealkylation sites (tertiary alicyclic amines) is 1. The Hall–Kier alpha value is -3.62. The molecule has 0 aliphatic carbocycles. The van der Waals surface area contributed by atoms with Gasteiger partial charge in [0.2, 0.25) is 6.79 Å². The van der Waals surface area contributed by atoms with Gasteiger partial charge in [0.05, 0.1) is 29.5 Å². The molecule has 1 atom stereocenters. The number of hydrogen-bond donors (Lipinski definition) is 1. The van der Waals surface area contributed by atoms with Gasteiger partial charge in [-0.25, -0.2) is 0 Å². The van der Waals surface area contributed by atoms with Crippen molar-refractivity contribution in [2.45, 2.75) is 12.6 Å². The van der Waals surface area contributed by atoms with Gasteiger partial charge in [0, 0.05) is 11.6 Å². The lowest BCUT2D eigenvalue weighted by molar-refractivity contribution is -0.140. The van der Waals surface area contributed by atoms with Gasteiger partial charge in [-0.05, 0) is 42.0 Å². The molecule has 1 N–H and O–H groups in total. The molecule has 0 saturated carbocycles. The van der Waals surface area contributed by atoms with Gasteiger partial charge in [0.1, 0.15) is 23.3 Å². The molecular formula is C24H17Cl2NO7. The van der Waals surface area contributed by atoms with E-state index in [1.807, 2.05) is 0 Å². The maximum absolute atomic E-state index is 13.2. The molecule has 1 unspecified atom stereocenters. The third-order valence-corrected chi connectivity index (χ3v) is 6.11. The molecule has 3 aromatic rings. The lowest BCUT2D eigenvalue weighted by Gasteiger charge is -2.23. The van der Waals surface area contributed by atoms with Gasteiger partial charge >= 0.3 is 0 Å². The molecule has 174 valence electrons. The standard InChI is InChI=1S/C24H17Cl2NO7/c1-31-23-14(8-13(25)9-15(23)26)21(28)19-20(17-3-2-6-32-17)27(24(30)22(19)29)10-12-4-5-16-18(7-12)34-11-33-16/h2-9,20,28H,10-11H2,1H3/b21-19-. The number of aliphatic hydroxyl groups is 1. The van der Waals surface area contributed by atoms with Crippen molar-refractivity contribution < 1.29 is 33.3 Å². The molecule has 1 aromatic heterocycles. The minimum Gasteiger partial charge on any atom is -0.507 e. The number of amides is 1. The van der Waals surface area contributed by atoms with Crippen molar-refractivity contribution in [1.82, 2.24) is 4.90 Å². The average Bonchev–Trinajstić information content (AvgIpc) is 3.55. The Morgan fingerprint density at radius 3 is 2.68 bits per heavy atom. The van der Waals surface area contributed by atoms with Gasteiger partial charge in [0.25, 0.3) is 11.7 Å². The summed E-state index contributed by atoms with van der Waals surface area (Å²) >= 11 is 12.4. The number of methoxy groups -OCH3 is 1. The molecule has 0 radical (unpaired) electrons. The van der Waals surface area contributed by atoms with Crippen LogP contribution in [-0.4, -0.2) is 35.6 Å². The van der Waals surface area contributed by atoms with Crippen LogP contribution >= 0.6 is 23.2 Å². The van der Waals surface area contributed by atoms with Gasteiger partial charge < -0.3 is 28.6 Å². The number of carbonyl (C=O) groups excluding carboxylic acids is 2. The zero-order valence-corrected chi connectivity index (χ0v) is 19.2. The zero-order chi connectivity index (χ0) is 24.0. The quantitative estimate of drug-likeness (QED) is 0.300. The summed E-state index contributed by atoms with van der Waals surface area (Å²) in [6, 6.07) is 10.3. The van der Waals surface area contributed by atoms with Crippen molar-refractivity contribution in [3.63, 3.8) is 0 Å². The number of ether oxygens (including phenoxy) is 3. The van der Waals surface area contributed by atoms with Crippen LogP contribution in [0.3, 0.4) is 0 Å². The van der Waals surface area contributed by atoms with Crippen LogP contribution in [0.2, 0.25) is 10.0 Å². The highest BCUT2D eigenvalue weighted by molar-refractivity contribution is 6.46. The molecule has 0 bridgehead atoms. The summed E-state index contributed by atoms with van der Waals surface area (Å²) < 4.78 is 21.6. The molecule has 1 amide bonds. The van der Waals surface area contributed by atoms with E-state index in [4.69, 9.17) is 41.8 Å². The molecule has 0 spiro atoms. The second-order valence-corrected chi connectivity index (χ2v) is 8.44. The summed E-state index contributed by atoms with van der Waals surface area (Å²) in [6.07, 6.45) is 1.42. The first-order chi connectivity index (χ1) is 16.4. The number of aliphatic hydroxyl groups excluding tert-OH is 1. The maximum Gasteiger partial charge on any atom is 0.296 e. The summed E-state index contributed by atoms with van der Waals surface area (Å²) in [4.78, 5) is 27.6. The van der Waals surface area contributed by atoms with Gasteiger partial charge in [-0.1, -0.05) is 29.3 Å². The molecule has 5 rings (SSSR count). The van der Waals surface area contributed by atoms with E-state index in [1.165, 1.54) is 30.4 Å². The summed E-state index contributed by atoms with van der Waals surface area (Å²) in [7, 11) is 1.37. The first-order valence-corrected chi connectivity index (χ1v) is 10.9. The van der Waals surface area contributed by atoms with Crippen molar-refractivity contribution in [1.29, 1.82) is 0 Å². The highest BCUT2D eigenvalue weighted by Crippen LogP contribution is 2.44. The van der Waals surface area contributed by atoms with E-state index in [0.29, 0.717) is 22.8 Å². The van der Waals surface area contributed by atoms with Crippen LogP contribution < -0.4 is 14.2 Å². The smallest absolute Gasteiger partial charge is 0.296 e. The molecule has 10 heteroatoms. The fraction of sp³-hybridized carbons (Fsp3) is 0.167. The van der Waals surface area contributed by atoms with Crippen LogP contribution in [0.1, 0.15) is 22.9 Å². The van der Waals surface area contributed by atoms with Crippen LogP contribution in [0, 0.1) is 0 Å². The molecule has 34 heavy (non-hydrogen) atoms. The minimum absolute atomic E-state index is 0.0524. The normalized spacial score (nSPS) is 18.6. The molecule has 2 aliphatic heterocycles. The fourth-order valence-corrected chi connectivity index (χ4v) is 4.68. The highest BCUT2D eigenvalue weighted by atomic mass is 35.5. The van der Waals surface area contributed by atoms with Crippen molar-refractivity contribution >= 4 is 40.7 Å². The largest absolute Gasteiger partial charge is 0.507 e.